The van der Waals surface area contributed by atoms with Crippen molar-refractivity contribution in [3.63, 3.8) is 0 Å². The normalized spacial score (nSPS) is 17.3. The van der Waals surface area contributed by atoms with E-state index in [9.17, 15) is 8.42 Å². The highest BCUT2D eigenvalue weighted by atomic mass is 32.2. The third-order valence-corrected chi connectivity index (χ3v) is 3.88. The van der Waals surface area contributed by atoms with Crippen LogP contribution in [0, 0.1) is 0 Å². The summed E-state index contributed by atoms with van der Waals surface area (Å²) in [6.45, 7) is 0.523. The zero-order valence-electron chi connectivity index (χ0n) is 8.32. The molecule has 80 valence electrons. The maximum atomic E-state index is 11.7. The second kappa shape index (κ2) is 3.36. The molecule has 0 saturated carbocycles. The third-order valence-electron chi connectivity index (χ3n) is 2.32. The Morgan fingerprint density at radius 2 is 2.13 bits per heavy atom. The summed E-state index contributed by atoms with van der Waals surface area (Å²) < 4.78 is 23.4. The lowest BCUT2D eigenvalue weighted by molar-refractivity contribution is 0.605. The van der Waals surface area contributed by atoms with Gasteiger partial charge in [-0.2, -0.15) is 0 Å². The van der Waals surface area contributed by atoms with Crippen LogP contribution in [0.4, 0.5) is 5.69 Å². The van der Waals surface area contributed by atoms with Gasteiger partial charge >= 0.3 is 0 Å². The van der Waals surface area contributed by atoms with Gasteiger partial charge in [0.1, 0.15) is 0 Å². The number of likely N-dealkylation sites (N-methyl/N-ethyl adjacent to an activating group) is 1. The first-order chi connectivity index (χ1) is 7.04. The van der Waals surface area contributed by atoms with E-state index in [4.69, 9.17) is 5.73 Å². The molecule has 0 aliphatic carbocycles. The lowest BCUT2D eigenvalue weighted by Crippen LogP contribution is -2.08. The Labute approximate surface area is 88.7 Å². The van der Waals surface area contributed by atoms with Crippen LogP contribution < -0.4 is 11.1 Å². The molecule has 15 heavy (non-hydrogen) atoms. The van der Waals surface area contributed by atoms with Crippen LogP contribution in [0.1, 0.15) is 5.56 Å². The molecule has 1 aromatic rings. The molecule has 0 unspecified atom stereocenters. The van der Waals surface area contributed by atoms with Crippen molar-refractivity contribution < 1.29 is 8.42 Å². The molecule has 0 bridgehead atoms. The van der Waals surface area contributed by atoms with Crippen LogP contribution in [-0.4, -0.2) is 22.0 Å². The minimum absolute atomic E-state index is 0.349. The Bertz CT molecular complexity index is 532. The molecule has 0 fully saturated rings. The Kier molecular flexibility index (Phi) is 2.28. The van der Waals surface area contributed by atoms with Gasteiger partial charge in [-0.1, -0.05) is 0 Å². The van der Waals surface area contributed by atoms with Crippen LogP contribution in [0.3, 0.4) is 0 Å². The van der Waals surface area contributed by atoms with Gasteiger partial charge in [-0.25, -0.2) is 8.42 Å². The van der Waals surface area contributed by atoms with E-state index >= 15 is 0 Å². The predicted molar refractivity (Wildman–Crippen MR) is 59.9 cm³/mol. The molecule has 0 atom stereocenters. The lowest BCUT2D eigenvalue weighted by Gasteiger charge is -2.04. The second-order valence-corrected chi connectivity index (χ2v) is 5.24. The summed E-state index contributed by atoms with van der Waals surface area (Å²) in [6.07, 6.45) is 0. The van der Waals surface area contributed by atoms with Gasteiger partial charge in [0.05, 0.1) is 4.90 Å². The Balaban J connectivity index is 2.63. The van der Waals surface area contributed by atoms with Crippen LogP contribution >= 0.6 is 0 Å². The maximum absolute atomic E-state index is 11.7. The highest BCUT2D eigenvalue weighted by molar-refractivity contribution is 7.95. The highest BCUT2D eigenvalue weighted by Gasteiger charge is 2.26. The molecule has 0 radical (unpaired) electrons. The summed E-state index contributed by atoms with van der Waals surface area (Å²) in [5, 5.41) is 4.23. The van der Waals surface area contributed by atoms with E-state index in [-0.39, 0.29) is 0 Å². The number of hydrogen-bond donors (Lipinski definition) is 2. The number of rotatable bonds is 2. The van der Waals surface area contributed by atoms with Crippen LogP contribution in [0.25, 0.3) is 5.57 Å². The minimum Gasteiger partial charge on any atom is -0.399 e. The molecule has 0 aromatic heterocycles. The molecule has 1 aliphatic rings. The highest BCUT2D eigenvalue weighted by Crippen LogP contribution is 2.33. The van der Waals surface area contributed by atoms with Crippen LogP contribution in [-0.2, 0) is 9.84 Å². The van der Waals surface area contributed by atoms with Gasteiger partial charge < -0.3 is 11.1 Å². The van der Waals surface area contributed by atoms with Crippen molar-refractivity contribution in [1.82, 2.24) is 5.32 Å². The molecule has 2 rings (SSSR count). The molecule has 5 heteroatoms. The molecule has 4 nitrogen and oxygen atoms in total. The molecule has 0 spiro atoms. The fraction of sp³-hybridized carbons (Fsp3) is 0.200. The first kappa shape index (κ1) is 10.2. The molecule has 1 heterocycles. The smallest absolute Gasteiger partial charge is 0.200 e. The molecule has 1 aromatic carbocycles. The van der Waals surface area contributed by atoms with Gasteiger partial charge in [0.15, 0.2) is 0 Å². The zero-order valence-corrected chi connectivity index (χ0v) is 9.14. The standard InChI is InChI=1S/C10H12N2O2S/c1-12-5-7-6-15(13,14)10-3-2-8(11)4-9(7)10/h2-4,6,12H,5,11H2,1H3. The van der Waals surface area contributed by atoms with Crippen molar-refractivity contribution in [2.24, 2.45) is 0 Å². The van der Waals surface area contributed by atoms with E-state index in [1.54, 1.807) is 25.2 Å². The van der Waals surface area contributed by atoms with E-state index in [1.165, 1.54) is 5.41 Å². The first-order valence-electron chi connectivity index (χ1n) is 4.55. The molecular formula is C10H12N2O2S. The fourth-order valence-electron chi connectivity index (χ4n) is 1.69. The number of sulfone groups is 1. The summed E-state index contributed by atoms with van der Waals surface area (Å²) in [5.41, 5.74) is 7.69. The van der Waals surface area contributed by atoms with Gasteiger partial charge in [0.25, 0.3) is 0 Å². The number of benzene rings is 1. The monoisotopic (exact) mass is 224 g/mol. The van der Waals surface area contributed by atoms with Crippen molar-refractivity contribution in [2.75, 3.05) is 19.3 Å². The number of anilines is 1. The van der Waals surface area contributed by atoms with E-state index in [0.29, 0.717) is 22.7 Å². The van der Waals surface area contributed by atoms with Crippen molar-refractivity contribution in [3.8, 4) is 0 Å². The summed E-state index contributed by atoms with van der Waals surface area (Å²) in [6, 6.07) is 4.86. The predicted octanol–water partition coefficient (Wildman–Crippen LogP) is 0.616. The van der Waals surface area contributed by atoms with Gasteiger partial charge in [-0.05, 0) is 30.8 Å². The average Bonchev–Trinajstić information content (AvgIpc) is 2.39. The summed E-state index contributed by atoms with van der Waals surface area (Å²) in [4.78, 5) is 0.349. The third kappa shape index (κ3) is 1.64. The van der Waals surface area contributed by atoms with Gasteiger partial charge in [-0.15, -0.1) is 0 Å². The van der Waals surface area contributed by atoms with E-state index in [2.05, 4.69) is 5.32 Å². The second-order valence-electron chi connectivity index (χ2n) is 3.47. The van der Waals surface area contributed by atoms with Crippen molar-refractivity contribution in [1.29, 1.82) is 0 Å². The van der Waals surface area contributed by atoms with Crippen LogP contribution in [0.15, 0.2) is 28.5 Å². The van der Waals surface area contributed by atoms with Gasteiger partial charge in [0, 0.05) is 23.2 Å². The number of fused-ring (bicyclic) bond motifs is 1. The number of nitrogens with two attached hydrogens (primary N) is 1. The Hall–Kier alpha value is -1.33. The van der Waals surface area contributed by atoms with Crippen LogP contribution in [0.2, 0.25) is 0 Å². The lowest BCUT2D eigenvalue weighted by atomic mass is 10.1. The number of hydrogen-bond acceptors (Lipinski definition) is 4. The van der Waals surface area contributed by atoms with E-state index in [0.717, 1.165) is 5.57 Å². The van der Waals surface area contributed by atoms with E-state index in [1.807, 2.05) is 0 Å². The average molecular weight is 224 g/mol. The fourth-order valence-corrected chi connectivity index (χ4v) is 3.15. The Morgan fingerprint density at radius 1 is 1.40 bits per heavy atom. The van der Waals surface area contributed by atoms with Gasteiger partial charge in [0.2, 0.25) is 9.84 Å². The Morgan fingerprint density at radius 3 is 2.80 bits per heavy atom. The molecule has 0 saturated heterocycles. The number of nitrogen functional groups attached to an aromatic ring is 1. The van der Waals surface area contributed by atoms with Crippen LogP contribution in [0.5, 0.6) is 0 Å². The minimum atomic E-state index is -3.25. The first-order valence-corrected chi connectivity index (χ1v) is 6.09. The summed E-state index contributed by atoms with van der Waals surface area (Å²) in [5.74, 6) is 0. The molecule has 1 aliphatic heterocycles. The zero-order chi connectivity index (χ0) is 11.1. The summed E-state index contributed by atoms with van der Waals surface area (Å²) >= 11 is 0. The molecule has 3 N–H and O–H groups in total. The SMILES string of the molecule is CNCC1=CS(=O)(=O)c2ccc(N)cc21. The topological polar surface area (TPSA) is 72.2 Å². The number of nitrogens with one attached hydrogen (secondary N) is 1. The van der Waals surface area contributed by atoms with Crippen molar-refractivity contribution >= 4 is 21.1 Å². The molecular weight excluding hydrogens is 212 g/mol. The van der Waals surface area contributed by atoms with E-state index < -0.39 is 9.84 Å². The quantitative estimate of drug-likeness (QED) is 0.722. The van der Waals surface area contributed by atoms with Gasteiger partial charge in [-0.3, -0.25) is 0 Å². The maximum Gasteiger partial charge on any atom is 0.200 e. The van der Waals surface area contributed by atoms with Crippen molar-refractivity contribution in [2.45, 2.75) is 4.90 Å². The summed E-state index contributed by atoms with van der Waals surface area (Å²) in [7, 11) is -1.48. The largest absolute Gasteiger partial charge is 0.399 e. The molecule has 0 amide bonds. The van der Waals surface area contributed by atoms with Crippen molar-refractivity contribution in [3.05, 3.63) is 29.2 Å².